The number of hydrogen-bond donors (Lipinski definition) is 0. The van der Waals surface area contributed by atoms with E-state index < -0.39 is 0 Å². The van der Waals surface area contributed by atoms with Gasteiger partial charge in [-0.2, -0.15) is 0 Å². The highest BCUT2D eigenvalue weighted by Gasteiger charge is 2.42. The summed E-state index contributed by atoms with van der Waals surface area (Å²) >= 11 is 6.38. The molecule has 6 heteroatoms. The minimum Gasteiger partial charge on any atom is -0.343 e. The number of benzene rings is 2. The van der Waals surface area contributed by atoms with Gasteiger partial charge in [-0.3, -0.25) is 4.79 Å². The largest absolute Gasteiger partial charge is 0.343 e. The van der Waals surface area contributed by atoms with Crippen molar-refractivity contribution in [3.63, 3.8) is 0 Å². The van der Waals surface area contributed by atoms with Crippen molar-refractivity contribution >= 4 is 28.9 Å². The smallest absolute Gasteiger partial charge is 0.222 e. The topological polar surface area (TPSA) is 26.8 Å². The zero-order valence-electron chi connectivity index (χ0n) is 18.5. The Labute approximate surface area is 194 Å². The third-order valence-electron chi connectivity index (χ3n) is 7.32. The van der Waals surface area contributed by atoms with Crippen LogP contribution in [0.15, 0.2) is 42.5 Å². The van der Waals surface area contributed by atoms with Crippen LogP contribution in [0.2, 0.25) is 5.02 Å². The average molecular weight is 456 g/mol. The van der Waals surface area contributed by atoms with Crippen LogP contribution in [0.5, 0.6) is 0 Å². The molecule has 0 aromatic heterocycles. The summed E-state index contributed by atoms with van der Waals surface area (Å²) in [5.41, 5.74) is 3.54. The number of halogens is 2. The van der Waals surface area contributed by atoms with Crippen molar-refractivity contribution in [3.8, 4) is 0 Å². The molecule has 3 aliphatic heterocycles. The Morgan fingerprint density at radius 3 is 2.62 bits per heavy atom. The lowest BCUT2D eigenvalue weighted by Crippen LogP contribution is -2.45. The first-order valence-corrected chi connectivity index (χ1v) is 12.3. The first-order chi connectivity index (χ1) is 15.6. The number of unbranched alkanes of at least 4 members (excludes halogenated alkanes) is 1. The Bertz CT molecular complexity index is 966. The van der Waals surface area contributed by atoms with E-state index >= 15 is 0 Å². The van der Waals surface area contributed by atoms with Crippen molar-refractivity contribution in [2.24, 2.45) is 0 Å². The first kappa shape index (κ1) is 21.7. The second kappa shape index (κ2) is 9.40. The maximum absolute atomic E-state index is 13.5. The lowest BCUT2D eigenvalue weighted by Gasteiger charge is -2.39. The predicted molar refractivity (Wildman–Crippen MR) is 127 cm³/mol. The van der Waals surface area contributed by atoms with Crippen LogP contribution in [-0.4, -0.2) is 54.5 Å². The molecular formula is C26H31ClFN3O. The van der Waals surface area contributed by atoms with E-state index in [1.807, 2.05) is 23.1 Å². The summed E-state index contributed by atoms with van der Waals surface area (Å²) in [5.74, 6) is 0.519. The molecule has 2 unspecified atom stereocenters. The first-order valence-electron chi connectivity index (χ1n) is 11.9. The molecule has 0 bridgehead atoms. The summed E-state index contributed by atoms with van der Waals surface area (Å²) in [5, 5.41) is 0.770. The summed E-state index contributed by atoms with van der Waals surface area (Å²) in [6.45, 7) is 4.97. The van der Waals surface area contributed by atoms with Gasteiger partial charge < -0.3 is 14.7 Å². The number of piperidine rings is 2. The van der Waals surface area contributed by atoms with E-state index in [-0.39, 0.29) is 5.82 Å². The number of hydrogen-bond acceptors (Lipinski definition) is 3. The maximum atomic E-state index is 13.5. The fourth-order valence-electron chi connectivity index (χ4n) is 5.71. The number of anilines is 2. The molecule has 2 fully saturated rings. The van der Waals surface area contributed by atoms with Crippen molar-refractivity contribution in [1.29, 1.82) is 0 Å². The quantitative estimate of drug-likeness (QED) is 0.532. The molecule has 0 aliphatic carbocycles. The zero-order valence-corrected chi connectivity index (χ0v) is 19.2. The Morgan fingerprint density at radius 2 is 1.81 bits per heavy atom. The Balaban J connectivity index is 1.24. The molecule has 0 N–H and O–H groups in total. The van der Waals surface area contributed by atoms with Crippen LogP contribution in [0.1, 0.15) is 50.0 Å². The van der Waals surface area contributed by atoms with E-state index in [0.29, 0.717) is 17.9 Å². The molecule has 3 heterocycles. The monoisotopic (exact) mass is 455 g/mol. The molecule has 32 heavy (non-hydrogen) atoms. The van der Waals surface area contributed by atoms with Crippen molar-refractivity contribution in [2.45, 2.75) is 50.5 Å². The van der Waals surface area contributed by atoms with Gasteiger partial charge in [-0.05, 0) is 86.7 Å². The summed E-state index contributed by atoms with van der Waals surface area (Å²) in [7, 11) is 0. The molecule has 4 nitrogen and oxygen atoms in total. The second-order valence-electron chi connectivity index (χ2n) is 9.36. The van der Waals surface area contributed by atoms with Crippen LogP contribution < -0.4 is 4.90 Å². The molecule has 2 aromatic carbocycles. The van der Waals surface area contributed by atoms with Crippen molar-refractivity contribution < 1.29 is 9.18 Å². The van der Waals surface area contributed by atoms with Crippen LogP contribution in [-0.2, 0) is 4.79 Å². The van der Waals surface area contributed by atoms with Gasteiger partial charge in [0.25, 0.3) is 0 Å². The highest BCUT2D eigenvalue weighted by atomic mass is 35.5. The zero-order chi connectivity index (χ0) is 22.1. The van der Waals surface area contributed by atoms with Crippen LogP contribution in [0.3, 0.4) is 0 Å². The van der Waals surface area contributed by atoms with Gasteiger partial charge in [0.15, 0.2) is 0 Å². The number of carbonyl (C=O) groups is 1. The van der Waals surface area contributed by atoms with Crippen LogP contribution in [0, 0.1) is 5.82 Å². The van der Waals surface area contributed by atoms with Gasteiger partial charge in [0.1, 0.15) is 5.82 Å². The Hall–Kier alpha value is -2.11. The molecule has 0 saturated carbocycles. The normalized spacial score (nSPS) is 23.4. The highest BCUT2D eigenvalue weighted by molar-refractivity contribution is 6.30. The summed E-state index contributed by atoms with van der Waals surface area (Å²) in [6, 6.07) is 13.4. The van der Waals surface area contributed by atoms with Crippen molar-refractivity contribution in [1.82, 2.24) is 9.80 Å². The van der Waals surface area contributed by atoms with Gasteiger partial charge in [-0.25, -0.2) is 4.39 Å². The van der Waals surface area contributed by atoms with Gasteiger partial charge >= 0.3 is 0 Å². The van der Waals surface area contributed by atoms with Crippen LogP contribution in [0.25, 0.3) is 0 Å². The highest BCUT2D eigenvalue weighted by Crippen LogP contribution is 2.49. The van der Waals surface area contributed by atoms with Crippen molar-refractivity contribution in [2.75, 3.05) is 37.6 Å². The number of fused-ring (bicyclic) bond motifs is 3. The third-order valence-corrected chi connectivity index (χ3v) is 7.55. The van der Waals surface area contributed by atoms with Gasteiger partial charge in [-0.1, -0.05) is 11.6 Å². The summed E-state index contributed by atoms with van der Waals surface area (Å²) in [6.07, 6.45) is 6.17. The van der Waals surface area contributed by atoms with E-state index in [1.54, 1.807) is 12.1 Å². The average Bonchev–Trinajstić information content (AvgIpc) is 3.11. The fourth-order valence-corrected chi connectivity index (χ4v) is 5.89. The molecule has 170 valence electrons. The Kier molecular flexibility index (Phi) is 6.38. The van der Waals surface area contributed by atoms with Gasteiger partial charge in [-0.15, -0.1) is 0 Å². The van der Waals surface area contributed by atoms with Gasteiger partial charge in [0.2, 0.25) is 5.91 Å². The number of carbonyl (C=O) groups excluding carboxylic acids is 1. The molecule has 2 aromatic rings. The lowest BCUT2D eigenvalue weighted by atomic mass is 9.89. The van der Waals surface area contributed by atoms with E-state index in [9.17, 15) is 9.18 Å². The summed E-state index contributed by atoms with van der Waals surface area (Å²) in [4.78, 5) is 19.0. The minimum atomic E-state index is -0.207. The minimum absolute atomic E-state index is 0.207. The molecule has 0 spiro atoms. The number of amides is 1. The molecule has 2 saturated heterocycles. The molecule has 2 atom stereocenters. The maximum Gasteiger partial charge on any atom is 0.222 e. The van der Waals surface area contributed by atoms with E-state index in [0.717, 1.165) is 82.0 Å². The molecular weight excluding hydrogens is 425 g/mol. The van der Waals surface area contributed by atoms with Gasteiger partial charge in [0, 0.05) is 61.0 Å². The summed E-state index contributed by atoms with van der Waals surface area (Å²) < 4.78 is 13.5. The molecule has 1 amide bonds. The Morgan fingerprint density at radius 1 is 1.00 bits per heavy atom. The van der Waals surface area contributed by atoms with Crippen LogP contribution >= 0.6 is 11.6 Å². The number of rotatable bonds is 6. The number of nitrogens with zero attached hydrogens (tertiary/aromatic N) is 3. The SMILES string of the molecule is O=C1CCCCN1CCCCN1CCC2C(C1)c1cc(Cl)ccc1N2c1ccc(F)cc1. The standard InChI is InChI=1S/C26H31ClFN3O/c27-19-6-11-24-22(17-19)23-18-29(13-3-4-15-30-14-2-1-5-26(30)32)16-12-25(23)31(24)21-9-7-20(28)8-10-21/h6-11,17,23,25H,1-5,12-16,18H2. The fraction of sp³-hybridized carbons (Fsp3) is 0.500. The lowest BCUT2D eigenvalue weighted by molar-refractivity contribution is -0.133. The van der Waals surface area contributed by atoms with E-state index in [2.05, 4.69) is 21.9 Å². The second-order valence-corrected chi connectivity index (χ2v) is 9.79. The third kappa shape index (κ3) is 4.38. The van der Waals surface area contributed by atoms with Crippen molar-refractivity contribution in [3.05, 3.63) is 58.9 Å². The molecule has 0 radical (unpaired) electrons. The van der Waals surface area contributed by atoms with Crippen LogP contribution in [0.4, 0.5) is 15.8 Å². The van der Waals surface area contributed by atoms with E-state index in [1.165, 1.54) is 11.3 Å². The molecule has 5 rings (SSSR count). The molecule has 3 aliphatic rings. The predicted octanol–water partition coefficient (Wildman–Crippen LogP) is 5.58. The van der Waals surface area contributed by atoms with Gasteiger partial charge in [0.05, 0.1) is 0 Å². The number of likely N-dealkylation sites (tertiary alicyclic amines) is 2. The van der Waals surface area contributed by atoms with E-state index in [4.69, 9.17) is 11.6 Å².